The van der Waals surface area contributed by atoms with E-state index in [1.54, 1.807) is 18.4 Å². The Hall–Kier alpha value is -1.35. The summed E-state index contributed by atoms with van der Waals surface area (Å²) >= 11 is 1.74. The van der Waals surface area contributed by atoms with Gasteiger partial charge in [0.2, 0.25) is 0 Å². The molecule has 0 aliphatic rings. The molecule has 5 nitrogen and oxygen atoms in total. The monoisotopic (exact) mass is 488 g/mol. The van der Waals surface area contributed by atoms with Gasteiger partial charge >= 0.3 is 0 Å². The maximum atomic E-state index is 5.90. The molecule has 7 heteroatoms. The number of aromatic nitrogens is 1. The molecule has 0 aliphatic carbocycles. The van der Waals surface area contributed by atoms with E-state index in [9.17, 15) is 0 Å². The van der Waals surface area contributed by atoms with Gasteiger partial charge in [0.1, 0.15) is 5.75 Å². The maximum Gasteiger partial charge on any atom is 0.191 e. The third-order valence-electron chi connectivity index (χ3n) is 3.52. The Labute approximate surface area is 177 Å². The number of halogens is 1. The van der Waals surface area contributed by atoms with E-state index in [0.717, 1.165) is 41.9 Å². The first-order chi connectivity index (χ1) is 12.1. The van der Waals surface area contributed by atoms with E-state index in [1.165, 1.54) is 4.88 Å². The highest BCUT2D eigenvalue weighted by Crippen LogP contribution is 2.18. The van der Waals surface area contributed by atoms with Crippen molar-refractivity contribution in [2.45, 2.75) is 33.7 Å². The third-order valence-corrected chi connectivity index (χ3v) is 4.49. The van der Waals surface area contributed by atoms with Crippen molar-refractivity contribution in [2.24, 2.45) is 10.9 Å². The molecule has 0 atom stereocenters. The molecule has 0 saturated heterocycles. The minimum Gasteiger partial charge on any atom is -0.493 e. The number of rotatable bonds is 8. The molecular formula is C19H29IN4OS. The third kappa shape index (κ3) is 7.90. The summed E-state index contributed by atoms with van der Waals surface area (Å²) in [5.41, 5.74) is 1.13. The van der Waals surface area contributed by atoms with Gasteiger partial charge in [-0.15, -0.1) is 35.3 Å². The standard InChI is InChI=1S/C19H28N4OS.HI/c1-14(2)13-24-17-8-6-5-7-16(17)12-23-19(20-4)21-10-9-18-22-11-15(3)25-18;/h5-8,11,14H,9-10,12-13H2,1-4H3,(H2,20,21,23);1H. The summed E-state index contributed by atoms with van der Waals surface area (Å²) < 4.78 is 5.90. The normalized spacial score (nSPS) is 11.2. The molecule has 0 aliphatic heterocycles. The lowest BCUT2D eigenvalue weighted by molar-refractivity contribution is 0.268. The molecule has 0 unspecified atom stereocenters. The molecule has 144 valence electrons. The Balaban J connectivity index is 0.00000338. The largest absolute Gasteiger partial charge is 0.493 e. The zero-order chi connectivity index (χ0) is 18.1. The van der Waals surface area contributed by atoms with Crippen LogP contribution in [0.1, 0.15) is 29.3 Å². The summed E-state index contributed by atoms with van der Waals surface area (Å²) in [5, 5.41) is 7.83. The lowest BCUT2D eigenvalue weighted by Crippen LogP contribution is -2.37. The minimum atomic E-state index is 0. The van der Waals surface area contributed by atoms with Crippen LogP contribution in [0.15, 0.2) is 35.5 Å². The quantitative estimate of drug-likeness (QED) is 0.335. The second-order valence-electron chi connectivity index (χ2n) is 6.28. The number of ether oxygens (including phenoxy) is 1. The lowest BCUT2D eigenvalue weighted by Gasteiger charge is -2.15. The number of guanidine groups is 1. The molecule has 0 radical (unpaired) electrons. The van der Waals surface area contributed by atoms with Crippen molar-refractivity contribution in [3.05, 3.63) is 45.9 Å². The summed E-state index contributed by atoms with van der Waals surface area (Å²) in [6, 6.07) is 8.12. The molecule has 1 aromatic carbocycles. The van der Waals surface area contributed by atoms with Crippen LogP contribution in [-0.4, -0.2) is 31.1 Å². The van der Waals surface area contributed by atoms with Crippen LogP contribution >= 0.6 is 35.3 Å². The van der Waals surface area contributed by atoms with Gasteiger partial charge < -0.3 is 15.4 Å². The molecular weight excluding hydrogens is 459 g/mol. The van der Waals surface area contributed by atoms with Gasteiger partial charge in [0.15, 0.2) is 5.96 Å². The van der Waals surface area contributed by atoms with E-state index in [0.29, 0.717) is 12.5 Å². The van der Waals surface area contributed by atoms with Crippen molar-refractivity contribution >= 4 is 41.3 Å². The molecule has 1 heterocycles. The van der Waals surface area contributed by atoms with Crippen molar-refractivity contribution in [2.75, 3.05) is 20.2 Å². The number of nitrogens with one attached hydrogen (secondary N) is 2. The van der Waals surface area contributed by atoms with Crippen molar-refractivity contribution in [1.29, 1.82) is 0 Å². The van der Waals surface area contributed by atoms with Crippen molar-refractivity contribution in [1.82, 2.24) is 15.6 Å². The lowest BCUT2D eigenvalue weighted by atomic mass is 10.2. The van der Waals surface area contributed by atoms with E-state index in [4.69, 9.17) is 4.74 Å². The molecule has 0 amide bonds. The van der Waals surface area contributed by atoms with Gasteiger partial charge in [-0.25, -0.2) is 4.98 Å². The Morgan fingerprint density at radius 2 is 2.04 bits per heavy atom. The highest BCUT2D eigenvalue weighted by molar-refractivity contribution is 14.0. The number of hydrogen-bond donors (Lipinski definition) is 2. The summed E-state index contributed by atoms with van der Waals surface area (Å²) in [6.07, 6.45) is 2.81. The van der Waals surface area contributed by atoms with Crippen LogP contribution in [-0.2, 0) is 13.0 Å². The number of benzene rings is 1. The Morgan fingerprint density at radius 3 is 2.69 bits per heavy atom. The summed E-state index contributed by atoms with van der Waals surface area (Å²) in [4.78, 5) is 9.91. The topological polar surface area (TPSA) is 58.5 Å². The summed E-state index contributed by atoms with van der Waals surface area (Å²) in [5.74, 6) is 2.22. The molecule has 0 fully saturated rings. The first-order valence-electron chi connectivity index (χ1n) is 8.65. The second-order valence-corrected chi connectivity index (χ2v) is 7.60. The fourth-order valence-corrected chi connectivity index (χ4v) is 3.04. The van der Waals surface area contributed by atoms with Crippen LogP contribution in [0.3, 0.4) is 0 Å². The van der Waals surface area contributed by atoms with E-state index >= 15 is 0 Å². The Kier molecular flexibility index (Phi) is 10.6. The van der Waals surface area contributed by atoms with Crippen LogP contribution in [0, 0.1) is 12.8 Å². The molecule has 0 spiro atoms. The average molecular weight is 488 g/mol. The van der Waals surface area contributed by atoms with Gasteiger partial charge in [-0.3, -0.25) is 4.99 Å². The summed E-state index contributed by atoms with van der Waals surface area (Å²) in [6.45, 7) is 8.57. The molecule has 0 saturated carbocycles. The van der Waals surface area contributed by atoms with E-state index in [1.807, 2.05) is 24.4 Å². The Bertz CT molecular complexity index is 688. The van der Waals surface area contributed by atoms with Crippen molar-refractivity contribution in [3.8, 4) is 5.75 Å². The summed E-state index contributed by atoms with van der Waals surface area (Å²) in [7, 11) is 1.78. The highest BCUT2D eigenvalue weighted by atomic mass is 127. The predicted octanol–water partition coefficient (Wildman–Crippen LogP) is 4.01. The van der Waals surface area contributed by atoms with Crippen molar-refractivity contribution < 1.29 is 4.74 Å². The van der Waals surface area contributed by atoms with Crippen LogP contribution in [0.2, 0.25) is 0 Å². The second kappa shape index (κ2) is 12.1. The molecule has 2 aromatic rings. The van der Waals surface area contributed by atoms with Crippen molar-refractivity contribution in [3.63, 3.8) is 0 Å². The van der Waals surface area contributed by atoms with Gasteiger partial charge in [0.05, 0.1) is 11.6 Å². The highest BCUT2D eigenvalue weighted by Gasteiger charge is 2.06. The fourth-order valence-electron chi connectivity index (χ4n) is 2.25. The fraction of sp³-hybridized carbons (Fsp3) is 0.474. The number of aliphatic imine (C=N–C) groups is 1. The first kappa shape index (κ1) is 22.7. The SMILES string of the molecule is CN=C(NCCc1ncc(C)s1)NCc1ccccc1OCC(C)C.I. The number of thiazole rings is 1. The minimum absolute atomic E-state index is 0. The van der Waals surface area contributed by atoms with Gasteiger partial charge in [-0.05, 0) is 18.9 Å². The van der Waals surface area contributed by atoms with E-state index < -0.39 is 0 Å². The van der Waals surface area contributed by atoms with Gasteiger partial charge in [0.25, 0.3) is 0 Å². The molecule has 2 rings (SSSR count). The van der Waals surface area contributed by atoms with Crippen LogP contribution in [0.25, 0.3) is 0 Å². The van der Waals surface area contributed by atoms with Gasteiger partial charge in [-0.1, -0.05) is 32.0 Å². The predicted molar refractivity (Wildman–Crippen MR) is 121 cm³/mol. The van der Waals surface area contributed by atoms with Gasteiger partial charge in [0, 0.05) is 43.2 Å². The number of hydrogen-bond acceptors (Lipinski definition) is 4. The maximum absolute atomic E-state index is 5.90. The molecule has 0 bridgehead atoms. The van der Waals surface area contributed by atoms with E-state index in [-0.39, 0.29) is 24.0 Å². The zero-order valence-electron chi connectivity index (χ0n) is 15.9. The first-order valence-corrected chi connectivity index (χ1v) is 9.46. The molecule has 1 aromatic heterocycles. The Morgan fingerprint density at radius 1 is 1.27 bits per heavy atom. The molecule has 26 heavy (non-hydrogen) atoms. The van der Waals surface area contributed by atoms with Crippen LogP contribution in [0.4, 0.5) is 0 Å². The number of aryl methyl sites for hydroxylation is 1. The zero-order valence-corrected chi connectivity index (χ0v) is 19.1. The average Bonchev–Trinajstić information content (AvgIpc) is 3.02. The smallest absolute Gasteiger partial charge is 0.191 e. The van der Waals surface area contributed by atoms with E-state index in [2.05, 4.69) is 47.4 Å². The number of para-hydroxylation sites is 1. The van der Waals surface area contributed by atoms with Crippen LogP contribution < -0.4 is 15.4 Å². The van der Waals surface area contributed by atoms with Crippen LogP contribution in [0.5, 0.6) is 5.75 Å². The molecule has 2 N–H and O–H groups in total. The van der Waals surface area contributed by atoms with Gasteiger partial charge in [-0.2, -0.15) is 0 Å². The number of nitrogens with zero attached hydrogens (tertiary/aromatic N) is 2.